The second-order valence-electron chi connectivity index (χ2n) is 8.33. The number of rotatable bonds is 8. The van der Waals surface area contributed by atoms with Gasteiger partial charge in [-0.25, -0.2) is 4.79 Å². The average molecular weight is 436 g/mol. The minimum atomic E-state index is -0.883. The quantitative estimate of drug-likeness (QED) is 0.454. The van der Waals surface area contributed by atoms with Gasteiger partial charge in [-0.2, -0.15) is 5.06 Å². The molecule has 172 valence electrons. The summed E-state index contributed by atoms with van der Waals surface area (Å²) in [6, 6.07) is 9.09. The number of hydroxylamine groups is 2. The number of carbonyl (C=O) groups excluding carboxylic acids is 3. The Kier molecular flexibility index (Phi) is 8.86. The van der Waals surface area contributed by atoms with Gasteiger partial charge in [0.25, 0.3) is 0 Å². The molecule has 8 heteroatoms. The van der Waals surface area contributed by atoms with E-state index in [2.05, 4.69) is 0 Å². The minimum Gasteiger partial charge on any atom is -0.466 e. The number of aryl methyl sites for hydroxylation is 1. The Morgan fingerprint density at radius 3 is 2.26 bits per heavy atom. The number of nitrogens with zero attached hydrogens (tertiary/aromatic N) is 1. The average Bonchev–Trinajstić information content (AvgIpc) is 3.04. The summed E-state index contributed by atoms with van der Waals surface area (Å²) in [6.07, 6.45) is -0.710. The van der Waals surface area contributed by atoms with Gasteiger partial charge in [0.05, 0.1) is 25.7 Å². The van der Waals surface area contributed by atoms with E-state index < -0.39 is 41.7 Å². The lowest BCUT2D eigenvalue weighted by Gasteiger charge is -2.28. The summed E-state index contributed by atoms with van der Waals surface area (Å²) in [4.78, 5) is 43.7. The van der Waals surface area contributed by atoms with Crippen LogP contribution in [0, 0.1) is 5.92 Å². The van der Waals surface area contributed by atoms with Crippen molar-refractivity contribution in [2.24, 2.45) is 5.92 Å². The Hall–Kier alpha value is -2.61. The monoisotopic (exact) mass is 435 g/mol. The zero-order valence-electron chi connectivity index (χ0n) is 19.0. The van der Waals surface area contributed by atoms with E-state index in [9.17, 15) is 14.4 Å². The Morgan fingerprint density at radius 1 is 1.03 bits per heavy atom. The molecule has 1 aromatic rings. The molecule has 0 spiro atoms. The highest BCUT2D eigenvalue weighted by atomic mass is 16.7. The summed E-state index contributed by atoms with van der Waals surface area (Å²) in [5.74, 6) is -1.85. The second-order valence-corrected chi connectivity index (χ2v) is 8.33. The van der Waals surface area contributed by atoms with Crippen LogP contribution < -0.4 is 0 Å². The number of esters is 2. The highest BCUT2D eigenvalue weighted by Crippen LogP contribution is 2.35. The maximum Gasteiger partial charge on any atom is 0.434 e. The number of ether oxygens (including phenoxy) is 3. The van der Waals surface area contributed by atoms with E-state index in [1.54, 1.807) is 34.6 Å². The predicted octanol–water partition coefficient (Wildman–Crippen LogP) is 3.67. The van der Waals surface area contributed by atoms with E-state index in [4.69, 9.17) is 19.0 Å². The molecule has 31 heavy (non-hydrogen) atoms. The molecule has 0 aliphatic carbocycles. The fourth-order valence-corrected chi connectivity index (χ4v) is 3.52. The van der Waals surface area contributed by atoms with Crippen LogP contribution in [0.25, 0.3) is 0 Å². The van der Waals surface area contributed by atoms with Gasteiger partial charge in [0.15, 0.2) is 0 Å². The summed E-state index contributed by atoms with van der Waals surface area (Å²) in [7, 11) is 0. The Labute approximate surface area is 183 Å². The molecule has 1 saturated heterocycles. The maximum atomic E-state index is 12.9. The van der Waals surface area contributed by atoms with Crippen LogP contribution in [0.4, 0.5) is 4.79 Å². The van der Waals surface area contributed by atoms with Crippen molar-refractivity contribution in [1.82, 2.24) is 5.06 Å². The van der Waals surface area contributed by atoms with E-state index in [0.29, 0.717) is 12.8 Å². The van der Waals surface area contributed by atoms with Gasteiger partial charge in [-0.1, -0.05) is 30.3 Å². The number of hydrogen-bond donors (Lipinski definition) is 0. The fraction of sp³-hybridized carbons (Fsp3) is 0.609. The number of benzene rings is 1. The van der Waals surface area contributed by atoms with E-state index in [1.165, 1.54) is 0 Å². The molecule has 1 aliphatic heterocycles. The molecular weight excluding hydrogens is 402 g/mol. The third kappa shape index (κ3) is 7.24. The first-order valence-electron chi connectivity index (χ1n) is 10.7. The fourth-order valence-electron chi connectivity index (χ4n) is 3.52. The molecule has 8 nitrogen and oxygen atoms in total. The topological polar surface area (TPSA) is 91.4 Å². The number of hydrogen-bond acceptors (Lipinski definition) is 7. The lowest BCUT2D eigenvalue weighted by Crippen LogP contribution is -2.43. The molecule has 0 N–H and O–H groups in total. The smallest absolute Gasteiger partial charge is 0.434 e. The summed E-state index contributed by atoms with van der Waals surface area (Å²) in [6.45, 7) is 9.04. The molecule has 1 aromatic carbocycles. The van der Waals surface area contributed by atoms with Crippen molar-refractivity contribution >= 4 is 18.0 Å². The van der Waals surface area contributed by atoms with Crippen LogP contribution in [-0.2, 0) is 35.1 Å². The van der Waals surface area contributed by atoms with Crippen molar-refractivity contribution < 1.29 is 33.4 Å². The van der Waals surface area contributed by atoms with Gasteiger partial charge in [0, 0.05) is 0 Å². The number of amides is 1. The molecule has 0 radical (unpaired) electrons. The summed E-state index contributed by atoms with van der Waals surface area (Å²) >= 11 is 0. The first-order chi connectivity index (χ1) is 14.7. The zero-order valence-corrected chi connectivity index (χ0v) is 19.0. The van der Waals surface area contributed by atoms with Crippen LogP contribution in [0.1, 0.15) is 53.0 Å². The lowest BCUT2D eigenvalue weighted by molar-refractivity contribution is -0.167. The van der Waals surface area contributed by atoms with E-state index in [-0.39, 0.29) is 19.6 Å². The second kappa shape index (κ2) is 11.1. The third-order valence-electron chi connectivity index (χ3n) is 4.74. The van der Waals surface area contributed by atoms with E-state index in [1.807, 2.05) is 30.3 Å². The zero-order chi connectivity index (χ0) is 23.0. The van der Waals surface area contributed by atoms with Gasteiger partial charge in [-0.3, -0.25) is 14.4 Å². The summed E-state index contributed by atoms with van der Waals surface area (Å²) in [5, 5.41) is 1.10. The van der Waals surface area contributed by atoms with Crippen molar-refractivity contribution in [1.29, 1.82) is 0 Å². The number of carbonyl (C=O) groups is 3. The molecule has 0 aromatic heterocycles. The summed E-state index contributed by atoms with van der Waals surface area (Å²) < 4.78 is 15.8. The van der Waals surface area contributed by atoms with Crippen LogP contribution in [0.2, 0.25) is 0 Å². The molecule has 3 atom stereocenters. The van der Waals surface area contributed by atoms with Crippen molar-refractivity contribution in [3.05, 3.63) is 35.9 Å². The normalized spacial score (nSPS) is 20.9. The van der Waals surface area contributed by atoms with Crippen LogP contribution in [-0.4, -0.2) is 54.1 Å². The van der Waals surface area contributed by atoms with Gasteiger partial charge in [0.2, 0.25) is 0 Å². The van der Waals surface area contributed by atoms with E-state index in [0.717, 1.165) is 10.6 Å². The van der Waals surface area contributed by atoms with Gasteiger partial charge in [0.1, 0.15) is 17.6 Å². The van der Waals surface area contributed by atoms with Gasteiger partial charge in [-0.15, -0.1) is 0 Å². The molecule has 1 aliphatic rings. The lowest BCUT2D eigenvalue weighted by atomic mass is 9.89. The van der Waals surface area contributed by atoms with Crippen molar-refractivity contribution in [3.8, 4) is 0 Å². The Bertz CT molecular complexity index is 744. The molecule has 1 amide bonds. The van der Waals surface area contributed by atoms with Crippen molar-refractivity contribution in [3.63, 3.8) is 0 Å². The molecule has 1 fully saturated rings. The SMILES string of the molecule is CCOC(=O)C[C@@H]1ON(C(=O)OC(C)(C)C)[C@H](CCc2ccccc2)[C@H]1C(=O)OCC. The van der Waals surface area contributed by atoms with Crippen molar-refractivity contribution in [2.45, 2.75) is 71.6 Å². The first-order valence-corrected chi connectivity index (χ1v) is 10.7. The van der Waals surface area contributed by atoms with Crippen LogP contribution in [0.3, 0.4) is 0 Å². The van der Waals surface area contributed by atoms with Gasteiger partial charge < -0.3 is 14.2 Å². The summed E-state index contributed by atoms with van der Waals surface area (Å²) in [5.41, 5.74) is 0.311. The molecule has 1 heterocycles. The third-order valence-corrected chi connectivity index (χ3v) is 4.74. The highest BCUT2D eigenvalue weighted by molar-refractivity contribution is 5.78. The van der Waals surface area contributed by atoms with Crippen LogP contribution >= 0.6 is 0 Å². The van der Waals surface area contributed by atoms with Crippen LogP contribution in [0.5, 0.6) is 0 Å². The standard InChI is InChI=1S/C23H33NO7/c1-6-28-19(25)15-18-20(21(26)29-7-2)17(14-13-16-11-9-8-10-12-16)24(31-18)22(27)30-23(3,4)5/h8-12,17-18,20H,6-7,13-15H2,1-5H3/t17-,18+,20-/m1/s1. The molecule has 2 rings (SSSR count). The van der Waals surface area contributed by atoms with Crippen molar-refractivity contribution in [2.75, 3.05) is 13.2 Å². The highest BCUT2D eigenvalue weighted by Gasteiger charge is 2.51. The van der Waals surface area contributed by atoms with Crippen LogP contribution in [0.15, 0.2) is 30.3 Å². The molecule has 0 bridgehead atoms. The molecule has 0 saturated carbocycles. The first kappa shape index (κ1) is 24.7. The molecule has 0 unspecified atom stereocenters. The maximum absolute atomic E-state index is 12.9. The van der Waals surface area contributed by atoms with Gasteiger partial charge in [-0.05, 0) is 53.0 Å². The van der Waals surface area contributed by atoms with Gasteiger partial charge >= 0.3 is 18.0 Å². The largest absolute Gasteiger partial charge is 0.466 e. The molecular formula is C23H33NO7. The minimum absolute atomic E-state index is 0.168. The van der Waals surface area contributed by atoms with E-state index >= 15 is 0 Å². The Morgan fingerprint density at radius 2 is 1.68 bits per heavy atom. The Balaban J connectivity index is 2.31. The predicted molar refractivity (Wildman–Crippen MR) is 113 cm³/mol.